The molecule has 0 spiro atoms. The van der Waals surface area contributed by atoms with E-state index in [-0.39, 0.29) is 16.6 Å². The fourth-order valence-corrected chi connectivity index (χ4v) is 2.03. The summed E-state index contributed by atoms with van der Waals surface area (Å²) in [7, 11) is 0. The van der Waals surface area contributed by atoms with Gasteiger partial charge in [-0.3, -0.25) is 0 Å². The minimum absolute atomic E-state index is 0.0407. The fourth-order valence-electron chi connectivity index (χ4n) is 2.03. The van der Waals surface area contributed by atoms with Crippen molar-refractivity contribution in [3.63, 3.8) is 0 Å². The minimum atomic E-state index is -0.0407. The van der Waals surface area contributed by atoms with E-state index in [9.17, 15) is 4.39 Å². The molecule has 1 rings (SSSR count). The molecule has 0 N–H and O–H groups in total. The van der Waals surface area contributed by atoms with Crippen LogP contribution in [-0.2, 0) is 12.8 Å². The van der Waals surface area contributed by atoms with Crippen molar-refractivity contribution in [2.75, 3.05) is 0 Å². The van der Waals surface area contributed by atoms with E-state index in [1.165, 1.54) is 0 Å². The van der Waals surface area contributed by atoms with Crippen molar-refractivity contribution in [3.8, 4) is 0 Å². The average Bonchev–Trinajstić information content (AvgIpc) is 2.12. The summed E-state index contributed by atoms with van der Waals surface area (Å²) in [4.78, 5) is 0. The number of rotatable bonds is 3. The van der Waals surface area contributed by atoms with Crippen LogP contribution in [0.3, 0.4) is 0 Å². The van der Waals surface area contributed by atoms with Gasteiger partial charge in [0.05, 0.1) is 0 Å². The predicted octanol–water partition coefficient (Wildman–Crippen LogP) is 5.39. The summed E-state index contributed by atoms with van der Waals surface area (Å²) in [5.74, 6) is -0.0407. The highest BCUT2D eigenvalue weighted by atomic mass is 19.1. The molecule has 0 amide bonds. The summed E-state index contributed by atoms with van der Waals surface area (Å²) in [6.07, 6.45) is 2.76. The summed E-state index contributed by atoms with van der Waals surface area (Å²) in [6.45, 7) is 13.1. The molecule has 102 valence electrons. The Labute approximate surface area is 112 Å². The molecule has 0 aliphatic carbocycles. The van der Waals surface area contributed by atoms with Crippen LogP contribution in [0.15, 0.2) is 18.2 Å². The van der Waals surface area contributed by atoms with Gasteiger partial charge in [-0.15, -0.1) is 0 Å². The lowest BCUT2D eigenvalue weighted by Gasteiger charge is -2.20. The molecule has 0 fully saturated rings. The second kappa shape index (κ2) is 5.42. The van der Waals surface area contributed by atoms with E-state index in [4.69, 9.17) is 0 Å². The van der Waals surface area contributed by atoms with E-state index in [0.717, 1.165) is 30.4 Å². The highest BCUT2D eigenvalue weighted by Crippen LogP contribution is 2.25. The molecule has 0 unspecified atom stereocenters. The third-order valence-corrected chi connectivity index (χ3v) is 3.00. The van der Waals surface area contributed by atoms with Crippen molar-refractivity contribution in [2.45, 2.75) is 60.8 Å². The second-order valence-electron chi connectivity index (χ2n) is 7.72. The Bertz CT molecular complexity index is 391. The van der Waals surface area contributed by atoms with Gasteiger partial charge in [-0.05, 0) is 47.3 Å². The van der Waals surface area contributed by atoms with Crippen LogP contribution in [0.5, 0.6) is 0 Å². The Morgan fingerprint density at radius 1 is 0.944 bits per heavy atom. The molecular weight excluding hydrogens is 223 g/mol. The first-order chi connectivity index (χ1) is 8.07. The first-order valence-electron chi connectivity index (χ1n) is 6.84. The molecule has 18 heavy (non-hydrogen) atoms. The van der Waals surface area contributed by atoms with E-state index in [1.807, 2.05) is 6.07 Å². The van der Waals surface area contributed by atoms with Crippen molar-refractivity contribution in [3.05, 3.63) is 35.1 Å². The highest BCUT2D eigenvalue weighted by Gasteiger charge is 2.14. The molecule has 0 radical (unpaired) electrons. The van der Waals surface area contributed by atoms with Crippen LogP contribution in [0, 0.1) is 16.6 Å². The van der Waals surface area contributed by atoms with Gasteiger partial charge in [-0.25, -0.2) is 4.39 Å². The number of halogens is 1. The summed E-state index contributed by atoms with van der Waals surface area (Å²) < 4.78 is 14.0. The van der Waals surface area contributed by atoms with Crippen molar-refractivity contribution in [2.24, 2.45) is 10.8 Å². The van der Waals surface area contributed by atoms with Crippen molar-refractivity contribution < 1.29 is 4.39 Å². The SMILES string of the molecule is CC(C)(C)CCc1ccc(CC(C)(C)C)cc1F. The monoisotopic (exact) mass is 250 g/mol. The van der Waals surface area contributed by atoms with Crippen LogP contribution in [0.1, 0.15) is 59.1 Å². The highest BCUT2D eigenvalue weighted by molar-refractivity contribution is 5.25. The van der Waals surface area contributed by atoms with Crippen LogP contribution in [0.2, 0.25) is 0 Å². The zero-order valence-electron chi connectivity index (χ0n) is 12.7. The lowest BCUT2D eigenvalue weighted by molar-refractivity contribution is 0.375. The van der Waals surface area contributed by atoms with Crippen LogP contribution < -0.4 is 0 Å². The zero-order chi connectivity index (χ0) is 14.0. The standard InChI is InChI=1S/C17H27F/c1-16(2,3)10-9-14-8-7-13(11-15(14)18)12-17(4,5)6/h7-8,11H,9-10,12H2,1-6H3. The third-order valence-electron chi connectivity index (χ3n) is 3.00. The van der Waals surface area contributed by atoms with Crippen LogP contribution in [0.4, 0.5) is 4.39 Å². The van der Waals surface area contributed by atoms with Gasteiger partial charge in [0.15, 0.2) is 0 Å². The zero-order valence-corrected chi connectivity index (χ0v) is 12.7. The molecule has 0 saturated carbocycles. The van der Waals surface area contributed by atoms with Crippen molar-refractivity contribution >= 4 is 0 Å². The number of aryl methyl sites for hydroxylation is 1. The Kier molecular flexibility index (Phi) is 4.58. The van der Waals surface area contributed by atoms with Crippen molar-refractivity contribution in [1.29, 1.82) is 0 Å². The summed E-state index contributed by atoms with van der Waals surface area (Å²) in [5, 5.41) is 0. The molecule has 1 aromatic carbocycles. The maximum absolute atomic E-state index is 14.0. The molecule has 1 aromatic rings. The third kappa shape index (κ3) is 5.66. The topological polar surface area (TPSA) is 0 Å². The van der Waals surface area contributed by atoms with Gasteiger partial charge in [-0.2, -0.15) is 0 Å². The maximum Gasteiger partial charge on any atom is 0.126 e. The van der Waals surface area contributed by atoms with Gasteiger partial charge >= 0.3 is 0 Å². The Balaban J connectivity index is 2.74. The van der Waals surface area contributed by atoms with E-state index in [1.54, 1.807) is 6.07 Å². The predicted molar refractivity (Wildman–Crippen MR) is 77.3 cm³/mol. The summed E-state index contributed by atoms with van der Waals surface area (Å²) in [6, 6.07) is 5.75. The molecule has 0 aliphatic rings. The van der Waals surface area contributed by atoms with Gasteiger partial charge in [0.1, 0.15) is 5.82 Å². The van der Waals surface area contributed by atoms with Gasteiger partial charge in [0.2, 0.25) is 0 Å². The van der Waals surface area contributed by atoms with E-state index in [2.05, 4.69) is 47.6 Å². The molecule has 0 heterocycles. The lowest BCUT2D eigenvalue weighted by Crippen LogP contribution is -2.10. The van der Waals surface area contributed by atoms with Gasteiger partial charge < -0.3 is 0 Å². The molecule has 0 saturated heterocycles. The first-order valence-corrected chi connectivity index (χ1v) is 6.84. The molecule has 0 aliphatic heterocycles. The van der Waals surface area contributed by atoms with Crippen LogP contribution in [0.25, 0.3) is 0 Å². The van der Waals surface area contributed by atoms with Crippen molar-refractivity contribution in [1.82, 2.24) is 0 Å². The Morgan fingerprint density at radius 3 is 2.00 bits per heavy atom. The Morgan fingerprint density at radius 2 is 1.56 bits per heavy atom. The fraction of sp³-hybridized carbons (Fsp3) is 0.647. The lowest BCUT2D eigenvalue weighted by atomic mass is 9.86. The first kappa shape index (κ1) is 15.2. The molecule has 1 heteroatoms. The van der Waals surface area contributed by atoms with Gasteiger partial charge in [0.25, 0.3) is 0 Å². The maximum atomic E-state index is 14.0. The smallest absolute Gasteiger partial charge is 0.126 e. The molecule has 0 atom stereocenters. The van der Waals surface area contributed by atoms with E-state index >= 15 is 0 Å². The van der Waals surface area contributed by atoms with Crippen LogP contribution in [-0.4, -0.2) is 0 Å². The number of hydrogen-bond donors (Lipinski definition) is 0. The Hall–Kier alpha value is -0.850. The quantitative estimate of drug-likeness (QED) is 0.674. The van der Waals surface area contributed by atoms with Crippen LogP contribution >= 0.6 is 0 Å². The average molecular weight is 250 g/mol. The molecule has 0 bridgehead atoms. The van der Waals surface area contributed by atoms with Gasteiger partial charge in [0, 0.05) is 0 Å². The van der Waals surface area contributed by atoms with E-state index in [0.29, 0.717) is 0 Å². The normalized spacial score (nSPS) is 12.8. The molecule has 0 nitrogen and oxygen atoms in total. The largest absolute Gasteiger partial charge is 0.207 e. The molecule has 0 aromatic heterocycles. The number of hydrogen-bond acceptors (Lipinski definition) is 0. The minimum Gasteiger partial charge on any atom is -0.207 e. The summed E-state index contributed by atoms with van der Waals surface area (Å²) >= 11 is 0. The second-order valence-corrected chi connectivity index (χ2v) is 7.72. The van der Waals surface area contributed by atoms with Gasteiger partial charge in [-0.1, -0.05) is 53.7 Å². The summed E-state index contributed by atoms with van der Waals surface area (Å²) in [5.41, 5.74) is 2.41. The molecular formula is C17H27F. The number of benzene rings is 1. The van der Waals surface area contributed by atoms with E-state index < -0.39 is 0 Å².